The van der Waals surface area contributed by atoms with Crippen LogP contribution in [0.4, 0.5) is 8.78 Å². The molecule has 0 aliphatic heterocycles. The third-order valence-corrected chi connectivity index (χ3v) is 2.67. The zero-order chi connectivity index (χ0) is 14.4. The molecule has 2 amide bonds. The minimum atomic E-state index is -0.976. The van der Waals surface area contributed by atoms with Gasteiger partial charge in [0.1, 0.15) is 17.7 Å². The van der Waals surface area contributed by atoms with Crippen LogP contribution in [0.3, 0.4) is 0 Å². The lowest BCUT2D eigenvalue weighted by atomic mass is 10.1. The van der Waals surface area contributed by atoms with Crippen LogP contribution in [0, 0.1) is 11.6 Å². The van der Waals surface area contributed by atoms with E-state index < -0.39 is 29.5 Å². The van der Waals surface area contributed by atoms with Crippen molar-refractivity contribution in [2.75, 3.05) is 0 Å². The van der Waals surface area contributed by atoms with Crippen LogP contribution in [0.25, 0.3) is 0 Å². The zero-order valence-corrected chi connectivity index (χ0v) is 10.6. The zero-order valence-electron chi connectivity index (χ0n) is 10.6. The van der Waals surface area contributed by atoms with Crippen molar-refractivity contribution in [1.29, 1.82) is 0 Å². The summed E-state index contributed by atoms with van der Waals surface area (Å²) in [6.07, 6.45) is 1.94. The molecule has 0 fully saturated rings. The second kappa shape index (κ2) is 6.82. The Bertz CT molecular complexity index is 478. The van der Waals surface area contributed by atoms with Gasteiger partial charge in [-0.1, -0.05) is 19.8 Å². The lowest BCUT2D eigenvalue weighted by molar-refractivity contribution is -0.120. The van der Waals surface area contributed by atoms with Crippen molar-refractivity contribution in [3.05, 3.63) is 35.4 Å². The minimum Gasteiger partial charge on any atom is -0.368 e. The van der Waals surface area contributed by atoms with Crippen LogP contribution in [0.5, 0.6) is 0 Å². The van der Waals surface area contributed by atoms with E-state index in [1.54, 1.807) is 0 Å². The molecule has 1 aromatic carbocycles. The highest BCUT2D eigenvalue weighted by molar-refractivity contribution is 5.97. The summed E-state index contributed by atoms with van der Waals surface area (Å²) >= 11 is 0. The van der Waals surface area contributed by atoms with E-state index in [1.807, 2.05) is 6.92 Å². The van der Waals surface area contributed by atoms with Crippen molar-refractivity contribution in [3.8, 4) is 0 Å². The van der Waals surface area contributed by atoms with Crippen LogP contribution in [-0.4, -0.2) is 17.9 Å². The van der Waals surface area contributed by atoms with Crippen LogP contribution < -0.4 is 11.1 Å². The molecule has 1 aromatic rings. The fourth-order valence-electron chi connectivity index (χ4n) is 1.60. The van der Waals surface area contributed by atoms with Crippen molar-refractivity contribution in [2.45, 2.75) is 32.2 Å². The molecule has 0 radical (unpaired) electrons. The van der Waals surface area contributed by atoms with Crippen molar-refractivity contribution >= 4 is 11.8 Å². The van der Waals surface area contributed by atoms with Gasteiger partial charge in [0.2, 0.25) is 5.91 Å². The predicted octanol–water partition coefficient (Wildman–Crippen LogP) is 1.74. The van der Waals surface area contributed by atoms with Crippen molar-refractivity contribution in [3.63, 3.8) is 0 Å². The Morgan fingerprint density at radius 2 is 2.05 bits per heavy atom. The Hall–Kier alpha value is -1.98. The molecule has 6 heteroatoms. The van der Waals surface area contributed by atoms with Crippen LogP contribution in [0.1, 0.15) is 36.5 Å². The van der Waals surface area contributed by atoms with E-state index in [4.69, 9.17) is 5.73 Å². The van der Waals surface area contributed by atoms with Crippen LogP contribution in [0.15, 0.2) is 18.2 Å². The number of benzene rings is 1. The quantitative estimate of drug-likeness (QED) is 0.826. The van der Waals surface area contributed by atoms with Gasteiger partial charge in [0, 0.05) is 6.07 Å². The van der Waals surface area contributed by atoms with E-state index in [-0.39, 0.29) is 5.56 Å². The Kier molecular flexibility index (Phi) is 5.41. The molecule has 3 N–H and O–H groups in total. The molecule has 0 heterocycles. The Morgan fingerprint density at radius 1 is 1.37 bits per heavy atom. The van der Waals surface area contributed by atoms with Crippen LogP contribution in [-0.2, 0) is 4.79 Å². The first-order valence-electron chi connectivity index (χ1n) is 6.01. The number of carbonyl (C=O) groups excluding carboxylic acids is 2. The fraction of sp³-hybridized carbons (Fsp3) is 0.385. The van der Waals surface area contributed by atoms with Gasteiger partial charge in [0.25, 0.3) is 5.91 Å². The number of primary amides is 1. The summed E-state index contributed by atoms with van der Waals surface area (Å²) in [5.74, 6) is -3.20. The number of hydrogen-bond donors (Lipinski definition) is 2. The molecule has 0 aliphatic carbocycles. The van der Waals surface area contributed by atoms with Crippen LogP contribution >= 0.6 is 0 Å². The summed E-state index contributed by atoms with van der Waals surface area (Å²) in [5, 5.41) is 2.35. The molecule has 0 saturated carbocycles. The van der Waals surface area contributed by atoms with Crippen molar-refractivity contribution in [2.24, 2.45) is 5.73 Å². The second-order valence-electron chi connectivity index (χ2n) is 4.19. The Balaban J connectivity index is 2.78. The smallest absolute Gasteiger partial charge is 0.254 e. The van der Waals surface area contributed by atoms with E-state index in [2.05, 4.69) is 5.32 Å². The summed E-state index contributed by atoms with van der Waals surface area (Å²) in [6, 6.07) is 1.76. The molecule has 0 saturated heterocycles. The van der Waals surface area contributed by atoms with Gasteiger partial charge in [-0.05, 0) is 18.6 Å². The molecule has 0 spiro atoms. The number of amides is 2. The average molecular weight is 270 g/mol. The minimum absolute atomic E-state index is 0.316. The maximum atomic E-state index is 13.4. The van der Waals surface area contributed by atoms with Gasteiger partial charge in [0.05, 0.1) is 5.56 Å². The maximum Gasteiger partial charge on any atom is 0.254 e. The van der Waals surface area contributed by atoms with Gasteiger partial charge in [-0.15, -0.1) is 0 Å². The second-order valence-corrected chi connectivity index (χ2v) is 4.19. The molecule has 0 unspecified atom stereocenters. The van der Waals surface area contributed by atoms with Crippen LogP contribution in [0.2, 0.25) is 0 Å². The summed E-state index contributed by atoms with van der Waals surface area (Å²) in [4.78, 5) is 22.9. The summed E-state index contributed by atoms with van der Waals surface area (Å²) in [6.45, 7) is 1.93. The summed E-state index contributed by atoms with van der Waals surface area (Å²) in [7, 11) is 0. The Morgan fingerprint density at radius 3 is 2.58 bits per heavy atom. The van der Waals surface area contributed by atoms with E-state index in [1.165, 1.54) is 0 Å². The summed E-state index contributed by atoms with van der Waals surface area (Å²) in [5.41, 5.74) is 4.84. The van der Waals surface area contributed by atoms with Gasteiger partial charge in [0.15, 0.2) is 0 Å². The Labute approximate surface area is 110 Å². The van der Waals surface area contributed by atoms with Crippen molar-refractivity contribution < 1.29 is 18.4 Å². The van der Waals surface area contributed by atoms with E-state index in [0.717, 1.165) is 18.6 Å². The third-order valence-electron chi connectivity index (χ3n) is 2.67. The lowest BCUT2D eigenvalue weighted by Gasteiger charge is -2.15. The average Bonchev–Trinajstić information content (AvgIpc) is 2.33. The number of hydrogen-bond acceptors (Lipinski definition) is 2. The van der Waals surface area contributed by atoms with Gasteiger partial charge in [-0.3, -0.25) is 9.59 Å². The number of halogens is 2. The SMILES string of the molecule is CCCC[C@@H](NC(=O)c1ccc(F)cc1F)C(N)=O. The molecule has 0 bridgehead atoms. The first kappa shape index (κ1) is 15.1. The molecule has 1 atom stereocenters. The predicted molar refractivity (Wildman–Crippen MR) is 66.3 cm³/mol. The molecule has 0 aromatic heterocycles. The number of nitrogens with one attached hydrogen (secondary N) is 1. The highest BCUT2D eigenvalue weighted by Crippen LogP contribution is 2.10. The van der Waals surface area contributed by atoms with Crippen molar-refractivity contribution in [1.82, 2.24) is 5.32 Å². The molecule has 1 rings (SSSR count). The normalized spacial score (nSPS) is 11.9. The van der Waals surface area contributed by atoms with Gasteiger partial charge >= 0.3 is 0 Å². The molecular formula is C13H16F2N2O2. The number of nitrogens with two attached hydrogens (primary N) is 1. The molecule has 19 heavy (non-hydrogen) atoms. The molecule has 104 valence electrons. The first-order valence-corrected chi connectivity index (χ1v) is 6.01. The van der Waals surface area contributed by atoms with Gasteiger partial charge < -0.3 is 11.1 Å². The number of unbranched alkanes of at least 4 members (excludes halogenated alkanes) is 1. The van der Waals surface area contributed by atoms with E-state index >= 15 is 0 Å². The third kappa shape index (κ3) is 4.31. The largest absolute Gasteiger partial charge is 0.368 e. The highest BCUT2D eigenvalue weighted by atomic mass is 19.1. The monoisotopic (exact) mass is 270 g/mol. The molecule has 0 aliphatic rings. The summed E-state index contributed by atoms with van der Waals surface area (Å²) < 4.78 is 26.1. The van der Waals surface area contributed by atoms with E-state index in [0.29, 0.717) is 18.9 Å². The number of carbonyl (C=O) groups is 2. The lowest BCUT2D eigenvalue weighted by Crippen LogP contribution is -2.44. The first-order chi connectivity index (χ1) is 8.95. The van der Waals surface area contributed by atoms with Gasteiger partial charge in [-0.2, -0.15) is 0 Å². The van der Waals surface area contributed by atoms with E-state index in [9.17, 15) is 18.4 Å². The fourth-order valence-corrected chi connectivity index (χ4v) is 1.60. The molecule has 4 nitrogen and oxygen atoms in total. The maximum absolute atomic E-state index is 13.4. The highest BCUT2D eigenvalue weighted by Gasteiger charge is 2.20. The topological polar surface area (TPSA) is 72.2 Å². The number of rotatable bonds is 6. The van der Waals surface area contributed by atoms with Gasteiger partial charge in [-0.25, -0.2) is 8.78 Å². The standard InChI is InChI=1S/C13H16F2N2O2/c1-2-3-4-11(12(16)18)17-13(19)9-6-5-8(14)7-10(9)15/h5-7,11H,2-4H2,1H3,(H2,16,18)(H,17,19)/t11-/m1/s1. The molecular weight excluding hydrogens is 254 g/mol.